The second-order valence-corrected chi connectivity index (χ2v) is 11.5. The van der Waals surface area contributed by atoms with Crippen LogP contribution in [-0.2, 0) is 14.5 Å². The minimum atomic E-state index is -2.42. The molecule has 36 heavy (non-hydrogen) atoms. The van der Waals surface area contributed by atoms with E-state index in [1.807, 2.05) is 13.0 Å². The summed E-state index contributed by atoms with van der Waals surface area (Å²) in [6.45, 7) is 2.27. The Bertz CT molecular complexity index is 1360. The van der Waals surface area contributed by atoms with Crippen molar-refractivity contribution in [1.29, 1.82) is 0 Å². The van der Waals surface area contributed by atoms with Crippen molar-refractivity contribution < 1.29 is 28.3 Å². The third kappa shape index (κ3) is 5.59. The number of hydrogen-bond donors (Lipinski definition) is 3. The summed E-state index contributed by atoms with van der Waals surface area (Å²) in [6.07, 6.45) is 0.560. The highest BCUT2D eigenvalue weighted by Crippen LogP contribution is 2.35. The Hall–Kier alpha value is -2.86. The Morgan fingerprint density at radius 2 is 1.94 bits per heavy atom. The average molecular weight is 519 g/mol. The second-order valence-electron chi connectivity index (χ2n) is 8.91. The maximum Gasteiger partial charge on any atom is 0.150 e. The fraction of sp³-hybridized carbons (Fsp3) is 0.440. The van der Waals surface area contributed by atoms with Gasteiger partial charge in [-0.2, -0.15) is 4.36 Å². The number of aromatic nitrogens is 2. The number of nitrogens with zero attached hydrogens (tertiary/aromatic N) is 3. The summed E-state index contributed by atoms with van der Waals surface area (Å²) in [5.74, 6) is 0.986. The van der Waals surface area contributed by atoms with E-state index >= 15 is 0 Å². The first-order valence-corrected chi connectivity index (χ1v) is 13.3. The Morgan fingerprint density at radius 1 is 1.17 bits per heavy atom. The molecule has 0 radical (unpaired) electrons. The van der Waals surface area contributed by atoms with Crippen LogP contribution in [0.15, 0.2) is 41.0 Å². The lowest BCUT2D eigenvalue weighted by molar-refractivity contribution is 0.0736. The van der Waals surface area contributed by atoms with Crippen molar-refractivity contribution in [3.05, 3.63) is 48.0 Å². The molecule has 3 aromatic rings. The van der Waals surface area contributed by atoms with Gasteiger partial charge in [0.1, 0.15) is 29.8 Å². The lowest BCUT2D eigenvalue weighted by Crippen LogP contribution is -2.30. The van der Waals surface area contributed by atoms with E-state index in [0.717, 1.165) is 10.9 Å². The van der Waals surface area contributed by atoms with E-state index in [2.05, 4.69) is 19.6 Å². The van der Waals surface area contributed by atoms with Crippen LogP contribution >= 0.6 is 0 Å². The molecule has 1 aromatic heterocycles. The fourth-order valence-electron chi connectivity index (χ4n) is 4.31. The zero-order valence-corrected chi connectivity index (χ0v) is 20.0. The van der Waals surface area contributed by atoms with E-state index in [4.69, 9.17) is 9.47 Å². The van der Waals surface area contributed by atoms with Crippen LogP contribution in [0.4, 0.5) is 21.6 Å². The lowest BCUT2D eigenvalue weighted by atomic mass is 10.1. The van der Waals surface area contributed by atoms with Gasteiger partial charge in [0.05, 0.1) is 45.9 Å². The van der Waals surface area contributed by atoms with Crippen LogP contribution in [0.3, 0.4) is 0 Å². The topological polar surface area (TPSA) is 126 Å². The summed E-state index contributed by atoms with van der Waals surface area (Å²) < 4.78 is 42.7. The summed E-state index contributed by atoms with van der Waals surface area (Å²) in [7, 11) is -2.42. The van der Waals surface area contributed by atoms with Gasteiger partial charge in [0.2, 0.25) is 0 Å². The molecule has 0 bridgehead atoms. The third-order valence-corrected chi connectivity index (χ3v) is 8.50. The Labute approximate surface area is 209 Å². The molecule has 2 aliphatic rings. The molecule has 0 unspecified atom stereocenters. The van der Waals surface area contributed by atoms with E-state index < -0.39 is 33.9 Å². The second kappa shape index (κ2) is 10.6. The molecule has 0 aliphatic carbocycles. The quantitative estimate of drug-likeness (QED) is 0.465. The van der Waals surface area contributed by atoms with Crippen molar-refractivity contribution in [2.45, 2.75) is 45.5 Å². The van der Waals surface area contributed by atoms with Crippen LogP contribution in [0.5, 0.6) is 5.75 Å². The van der Waals surface area contributed by atoms with Gasteiger partial charge in [-0.25, -0.2) is 18.6 Å². The van der Waals surface area contributed by atoms with Crippen LogP contribution in [0.25, 0.3) is 10.9 Å². The maximum atomic E-state index is 14.0. The molecule has 0 spiro atoms. The molecule has 3 heterocycles. The molecular formula is C25H31FN4O5S. The number of hydrogen-bond acceptors (Lipinski definition) is 9. The molecule has 9 nitrogen and oxygen atoms in total. The maximum absolute atomic E-state index is 14.0. The molecule has 11 heteroatoms. The number of aliphatic hydroxyl groups excluding tert-OH is 2. The normalized spacial score (nSPS) is 25.8. The van der Waals surface area contributed by atoms with Crippen molar-refractivity contribution in [2.75, 3.05) is 30.0 Å². The number of aliphatic hydroxyl groups is 2. The predicted octanol–water partition coefficient (Wildman–Crippen LogP) is 3.85. The summed E-state index contributed by atoms with van der Waals surface area (Å²) >= 11 is 0. The molecule has 2 aliphatic heterocycles. The summed E-state index contributed by atoms with van der Waals surface area (Å²) in [5, 5.41) is 23.7. The van der Waals surface area contributed by atoms with E-state index in [1.54, 1.807) is 12.1 Å². The highest BCUT2D eigenvalue weighted by molar-refractivity contribution is 7.93. The Balaban J connectivity index is 0.00000304. The molecular weight excluding hydrogens is 487 g/mol. The number of nitrogens with one attached hydrogen (secondary N) is 1. The van der Waals surface area contributed by atoms with Crippen LogP contribution in [0.2, 0.25) is 0 Å². The molecule has 2 saturated heterocycles. The zero-order chi connectivity index (χ0) is 24.6. The SMILES string of the molecule is C.Cc1cc(N=S2(=O)CCC(O)CC2)cc2ncnc(Nc3ccc(F)cc3O[C@@H]3COC[C@@H]3O)c12. The lowest BCUT2D eigenvalue weighted by Gasteiger charge is -2.20. The smallest absolute Gasteiger partial charge is 0.150 e. The number of halogens is 1. The van der Waals surface area contributed by atoms with Gasteiger partial charge in [0.25, 0.3) is 0 Å². The largest absolute Gasteiger partial charge is 0.483 e. The molecule has 5 rings (SSSR count). The number of benzene rings is 2. The Kier molecular flexibility index (Phi) is 7.74. The van der Waals surface area contributed by atoms with Crippen molar-refractivity contribution in [3.63, 3.8) is 0 Å². The van der Waals surface area contributed by atoms with Crippen LogP contribution in [0, 0.1) is 12.7 Å². The average Bonchev–Trinajstić information content (AvgIpc) is 3.22. The minimum Gasteiger partial charge on any atom is -0.483 e. The van der Waals surface area contributed by atoms with Crippen molar-refractivity contribution >= 4 is 37.8 Å². The van der Waals surface area contributed by atoms with Gasteiger partial charge in [-0.3, -0.25) is 0 Å². The molecule has 2 aromatic carbocycles. The summed E-state index contributed by atoms with van der Waals surface area (Å²) in [5.41, 5.74) is 2.49. The first kappa shape index (κ1) is 26.2. The molecule has 2 fully saturated rings. The number of aryl methyl sites for hydroxylation is 1. The monoisotopic (exact) mass is 518 g/mol. The van der Waals surface area contributed by atoms with Gasteiger partial charge in [-0.15, -0.1) is 0 Å². The van der Waals surface area contributed by atoms with Crippen LogP contribution in [0.1, 0.15) is 25.8 Å². The van der Waals surface area contributed by atoms with E-state index in [-0.39, 0.29) is 26.4 Å². The first-order valence-electron chi connectivity index (χ1n) is 11.4. The predicted molar refractivity (Wildman–Crippen MR) is 137 cm³/mol. The third-order valence-electron chi connectivity index (χ3n) is 6.21. The molecule has 2 atom stereocenters. The zero-order valence-electron chi connectivity index (χ0n) is 19.2. The minimum absolute atomic E-state index is 0. The molecule has 0 amide bonds. The molecule has 0 saturated carbocycles. The summed E-state index contributed by atoms with van der Waals surface area (Å²) in [4.78, 5) is 8.76. The van der Waals surface area contributed by atoms with Gasteiger partial charge >= 0.3 is 0 Å². The molecule has 3 N–H and O–H groups in total. The van der Waals surface area contributed by atoms with Crippen molar-refractivity contribution in [3.8, 4) is 5.75 Å². The van der Waals surface area contributed by atoms with Crippen molar-refractivity contribution in [1.82, 2.24) is 9.97 Å². The van der Waals surface area contributed by atoms with Crippen molar-refractivity contribution in [2.24, 2.45) is 4.36 Å². The van der Waals surface area contributed by atoms with Gasteiger partial charge in [0.15, 0.2) is 6.10 Å². The van der Waals surface area contributed by atoms with Gasteiger partial charge in [-0.1, -0.05) is 7.43 Å². The highest BCUT2D eigenvalue weighted by atomic mass is 32.2. The van der Waals surface area contributed by atoms with Crippen LogP contribution < -0.4 is 10.1 Å². The Morgan fingerprint density at radius 3 is 2.67 bits per heavy atom. The number of fused-ring (bicyclic) bond motifs is 1. The van der Waals surface area contributed by atoms with E-state index in [0.29, 0.717) is 47.1 Å². The number of rotatable bonds is 5. The van der Waals surface area contributed by atoms with Gasteiger partial charge in [-0.05, 0) is 49.6 Å². The molecule has 194 valence electrons. The first-order chi connectivity index (χ1) is 16.8. The fourth-order valence-corrected chi connectivity index (χ4v) is 6.47. The van der Waals surface area contributed by atoms with E-state index in [1.165, 1.54) is 18.5 Å². The van der Waals surface area contributed by atoms with Gasteiger partial charge in [0, 0.05) is 23.0 Å². The van der Waals surface area contributed by atoms with Crippen LogP contribution in [-0.4, -0.2) is 67.4 Å². The summed E-state index contributed by atoms with van der Waals surface area (Å²) in [6, 6.07) is 7.70. The number of ether oxygens (including phenoxy) is 2. The standard InChI is InChI=1S/C24H27FN4O5S.CH4/c1-14-8-16(29-35(32)6-4-17(30)5-7-35)10-19-23(14)24(27-13-26-19)28-18-3-2-15(25)9-21(18)34-22-12-33-11-20(22)31;/h2-3,8-10,13,17,20,22,30-31H,4-7,11-12H2,1H3,(H,26,27,28);1H4/t17?,20-,22+,35?;/m0./s1. The number of anilines is 2. The van der Waals surface area contributed by atoms with E-state index in [9.17, 15) is 18.8 Å². The highest BCUT2D eigenvalue weighted by Gasteiger charge is 2.29. The van der Waals surface area contributed by atoms with Gasteiger partial charge < -0.3 is 25.0 Å².